The van der Waals surface area contributed by atoms with Crippen molar-refractivity contribution in [2.45, 2.75) is 6.42 Å². The van der Waals surface area contributed by atoms with Gasteiger partial charge in [0.25, 0.3) is 0 Å². The highest BCUT2D eigenvalue weighted by atomic mass is 79.9. The summed E-state index contributed by atoms with van der Waals surface area (Å²) in [7, 11) is 3.95. The van der Waals surface area contributed by atoms with Crippen LogP contribution >= 0.6 is 27.3 Å². The summed E-state index contributed by atoms with van der Waals surface area (Å²) in [5.74, 6) is 0. The third-order valence-corrected chi connectivity index (χ3v) is 4.03. The van der Waals surface area contributed by atoms with Gasteiger partial charge in [0.2, 0.25) is 0 Å². The van der Waals surface area contributed by atoms with Crippen molar-refractivity contribution in [2.24, 2.45) is 7.05 Å². The van der Waals surface area contributed by atoms with Crippen LogP contribution in [0.5, 0.6) is 0 Å². The Morgan fingerprint density at radius 2 is 2.31 bits per heavy atom. The summed E-state index contributed by atoms with van der Waals surface area (Å²) in [5.41, 5.74) is 2.32. The smallest absolute Gasteiger partial charge is 0.0781 e. The third-order valence-electron chi connectivity index (χ3n) is 2.39. The summed E-state index contributed by atoms with van der Waals surface area (Å²) in [6.07, 6.45) is 0.969. The van der Waals surface area contributed by atoms with Crippen molar-refractivity contribution in [1.29, 1.82) is 0 Å². The summed E-state index contributed by atoms with van der Waals surface area (Å²) in [6, 6.07) is 6.35. The second-order valence-corrected chi connectivity index (χ2v) is 6.06. The molecule has 16 heavy (non-hydrogen) atoms. The molecular weight excluding hydrogens is 286 g/mol. The second kappa shape index (κ2) is 5.12. The number of thiophene rings is 1. The van der Waals surface area contributed by atoms with Crippen LogP contribution in [0.1, 0.15) is 5.69 Å². The number of likely N-dealkylation sites (N-methyl/N-ethyl adjacent to an activating group) is 1. The first kappa shape index (κ1) is 11.8. The van der Waals surface area contributed by atoms with Crippen LogP contribution in [-0.2, 0) is 13.5 Å². The van der Waals surface area contributed by atoms with Crippen molar-refractivity contribution in [3.8, 4) is 10.6 Å². The Hall–Kier alpha value is -0.650. The number of hydrogen-bond acceptors (Lipinski definition) is 3. The van der Waals surface area contributed by atoms with Gasteiger partial charge in [-0.25, -0.2) is 0 Å². The van der Waals surface area contributed by atoms with Gasteiger partial charge in [0.1, 0.15) is 0 Å². The predicted molar refractivity (Wildman–Crippen MR) is 71.9 cm³/mol. The zero-order valence-corrected chi connectivity index (χ0v) is 11.7. The minimum absolute atomic E-state index is 0.963. The molecule has 0 radical (unpaired) electrons. The molecule has 2 aromatic rings. The number of hydrogen-bond donors (Lipinski definition) is 1. The van der Waals surface area contributed by atoms with E-state index in [2.05, 4.69) is 44.5 Å². The first-order valence-electron chi connectivity index (χ1n) is 5.14. The Balaban J connectivity index is 2.24. The maximum Gasteiger partial charge on any atom is 0.0781 e. The summed E-state index contributed by atoms with van der Waals surface area (Å²) < 4.78 is 3.10. The first-order valence-corrected chi connectivity index (χ1v) is 6.75. The largest absolute Gasteiger partial charge is 0.319 e. The van der Waals surface area contributed by atoms with Gasteiger partial charge >= 0.3 is 0 Å². The minimum atomic E-state index is 0.963. The molecule has 0 atom stereocenters. The summed E-state index contributed by atoms with van der Waals surface area (Å²) >= 11 is 5.21. The molecule has 0 fully saturated rings. The third kappa shape index (κ3) is 2.53. The Morgan fingerprint density at radius 1 is 1.50 bits per heavy atom. The second-order valence-electron chi connectivity index (χ2n) is 3.60. The maximum absolute atomic E-state index is 4.50. The molecule has 0 aliphatic carbocycles. The molecule has 0 unspecified atom stereocenters. The van der Waals surface area contributed by atoms with E-state index in [0.29, 0.717) is 0 Å². The average molecular weight is 300 g/mol. The molecule has 0 amide bonds. The van der Waals surface area contributed by atoms with Gasteiger partial charge in [0.15, 0.2) is 0 Å². The normalized spacial score (nSPS) is 10.9. The lowest BCUT2D eigenvalue weighted by molar-refractivity contribution is 0.721. The van der Waals surface area contributed by atoms with Crippen LogP contribution in [-0.4, -0.2) is 23.4 Å². The average Bonchev–Trinajstić information content (AvgIpc) is 2.82. The van der Waals surface area contributed by atoms with Gasteiger partial charge in [-0.3, -0.25) is 4.68 Å². The maximum atomic E-state index is 4.50. The van der Waals surface area contributed by atoms with Crippen LogP contribution in [0.4, 0.5) is 0 Å². The Bertz CT molecular complexity index is 475. The summed E-state index contributed by atoms with van der Waals surface area (Å²) in [5, 5.41) is 7.64. The summed E-state index contributed by atoms with van der Waals surface area (Å²) in [4.78, 5) is 1.25. The highest BCUT2D eigenvalue weighted by Gasteiger charge is 2.08. The first-order chi connectivity index (χ1) is 7.70. The zero-order chi connectivity index (χ0) is 11.5. The molecule has 1 N–H and O–H groups in total. The van der Waals surface area contributed by atoms with E-state index in [0.717, 1.165) is 22.4 Å². The molecule has 0 aliphatic rings. The molecular formula is C11H14BrN3S. The highest BCUT2D eigenvalue weighted by molar-refractivity contribution is 9.11. The fourth-order valence-electron chi connectivity index (χ4n) is 1.58. The van der Waals surface area contributed by atoms with Crippen molar-refractivity contribution in [3.05, 3.63) is 27.7 Å². The number of nitrogens with zero attached hydrogens (tertiary/aromatic N) is 2. The molecule has 0 bridgehead atoms. The van der Waals surface area contributed by atoms with Gasteiger partial charge in [0, 0.05) is 20.0 Å². The van der Waals surface area contributed by atoms with Gasteiger partial charge in [-0.1, -0.05) is 0 Å². The molecule has 0 aromatic carbocycles. The minimum Gasteiger partial charge on any atom is -0.319 e. The van der Waals surface area contributed by atoms with E-state index in [1.54, 1.807) is 11.3 Å². The van der Waals surface area contributed by atoms with E-state index >= 15 is 0 Å². The Labute approximate surface area is 108 Å². The monoisotopic (exact) mass is 299 g/mol. The summed E-state index contributed by atoms with van der Waals surface area (Å²) in [6.45, 7) is 0.963. The van der Waals surface area contributed by atoms with E-state index in [1.165, 1.54) is 10.6 Å². The predicted octanol–water partition coefficient (Wildman–Crippen LogP) is 2.67. The van der Waals surface area contributed by atoms with Crippen molar-refractivity contribution in [2.75, 3.05) is 13.6 Å². The van der Waals surface area contributed by atoms with Gasteiger partial charge in [-0.15, -0.1) is 11.3 Å². The number of nitrogens with one attached hydrogen (secondary N) is 1. The van der Waals surface area contributed by atoms with Gasteiger partial charge < -0.3 is 5.32 Å². The topological polar surface area (TPSA) is 29.9 Å². The van der Waals surface area contributed by atoms with Crippen LogP contribution in [0.2, 0.25) is 0 Å². The van der Waals surface area contributed by atoms with Gasteiger partial charge in [-0.05, 0) is 41.2 Å². The fourth-order valence-corrected chi connectivity index (χ4v) is 3.02. The molecule has 0 aliphatic heterocycles. The SMILES string of the molecule is CNCCc1cc(-c2ccc(Br)s2)n(C)n1. The van der Waals surface area contributed by atoms with Crippen molar-refractivity contribution < 1.29 is 0 Å². The lowest BCUT2D eigenvalue weighted by Crippen LogP contribution is -2.10. The lowest BCUT2D eigenvalue weighted by atomic mass is 10.2. The van der Waals surface area contributed by atoms with Gasteiger partial charge in [-0.2, -0.15) is 5.10 Å². The van der Waals surface area contributed by atoms with Crippen molar-refractivity contribution in [3.63, 3.8) is 0 Å². The van der Waals surface area contributed by atoms with Crippen molar-refractivity contribution in [1.82, 2.24) is 15.1 Å². The van der Waals surface area contributed by atoms with Crippen molar-refractivity contribution >= 4 is 27.3 Å². The van der Waals surface area contributed by atoms with E-state index < -0.39 is 0 Å². The van der Waals surface area contributed by atoms with Crippen LogP contribution in [0.25, 0.3) is 10.6 Å². The standard InChI is InChI=1S/C11H14BrN3S/c1-13-6-5-8-7-9(15(2)14-8)10-3-4-11(12)16-10/h3-4,7,13H,5-6H2,1-2H3. The molecule has 2 aromatic heterocycles. The number of halogens is 1. The lowest BCUT2D eigenvalue weighted by Gasteiger charge is -1.95. The zero-order valence-electron chi connectivity index (χ0n) is 9.33. The molecule has 2 heterocycles. The molecule has 3 nitrogen and oxygen atoms in total. The molecule has 86 valence electrons. The molecule has 2 rings (SSSR count). The molecule has 0 saturated carbocycles. The number of rotatable bonds is 4. The number of aryl methyl sites for hydroxylation is 1. The quantitative estimate of drug-likeness (QED) is 0.941. The fraction of sp³-hybridized carbons (Fsp3) is 0.364. The van der Waals surface area contributed by atoms with Crippen LogP contribution in [0, 0.1) is 0 Å². The Kier molecular flexibility index (Phi) is 3.78. The molecule has 0 spiro atoms. The molecule has 5 heteroatoms. The van der Waals surface area contributed by atoms with E-state index in [-0.39, 0.29) is 0 Å². The molecule has 0 saturated heterocycles. The highest BCUT2D eigenvalue weighted by Crippen LogP contribution is 2.31. The van der Waals surface area contributed by atoms with Crippen LogP contribution < -0.4 is 5.32 Å². The Morgan fingerprint density at radius 3 is 2.94 bits per heavy atom. The van der Waals surface area contributed by atoms with E-state index in [9.17, 15) is 0 Å². The van der Waals surface area contributed by atoms with E-state index in [4.69, 9.17) is 0 Å². The number of aromatic nitrogens is 2. The van der Waals surface area contributed by atoms with Gasteiger partial charge in [0.05, 0.1) is 20.1 Å². The van der Waals surface area contributed by atoms with E-state index in [1.807, 2.05) is 18.8 Å². The van der Waals surface area contributed by atoms with Crippen LogP contribution in [0.15, 0.2) is 22.0 Å². The van der Waals surface area contributed by atoms with Crippen LogP contribution in [0.3, 0.4) is 0 Å².